The lowest BCUT2D eigenvalue weighted by atomic mass is 10.2. The van der Waals surface area contributed by atoms with Gasteiger partial charge < -0.3 is 10.1 Å². The van der Waals surface area contributed by atoms with E-state index in [9.17, 15) is 0 Å². The summed E-state index contributed by atoms with van der Waals surface area (Å²) in [4.78, 5) is 11.9. The number of benzene rings is 1. The zero-order valence-corrected chi connectivity index (χ0v) is 10.9. The van der Waals surface area contributed by atoms with Crippen molar-refractivity contribution in [2.45, 2.75) is 13.8 Å². The predicted molar refractivity (Wildman–Crippen MR) is 70.5 cm³/mol. The summed E-state index contributed by atoms with van der Waals surface area (Å²) in [5, 5.41) is 3.14. The molecule has 6 heteroatoms. The second-order valence-electron chi connectivity index (χ2n) is 3.63. The van der Waals surface area contributed by atoms with Gasteiger partial charge in [-0.15, -0.1) is 0 Å². The van der Waals surface area contributed by atoms with Crippen molar-refractivity contribution in [3.8, 4) is 6.01 Å². The Morgan fingerprint density at radius 2 is 1.89 bits per heavy atom. The van der Waals surface area contributed by atoms with Crippen molar-refractivity contribution in [3.05, 3.63) is 35.1 Å². The number of aromatic nitrogens is 3. The van der Waals surface area contributed by atoms with Crippen molar-refractivity contribution in [3.63, 3.8) is 0 Å². The molecule has 0 aliphatic rings. The number of hydrogen-bond acceptors (Lipinski definition) is 5. The van der Waals surface area contributed by atoms with Gasteiger partial charge in [0.15, 0.2) is 0 Å². The molecule has 0 atom stereocenters. The van der Waals surface area contributed by atoms with Crippen molar-refractivity contribution >= 4 is 23.2 Å². The van der Waals surface area contributed by atoms with Crippen LogP contribution in [-0.4, -0.2) is 21.6 Å². The smallest absolute Gasteiger partial charge is 0.322 e. The third-order valence-electron chi connectivity index (χ3n) is 2.17. The van der Waals surface area contributed by atoms with E-state index in [2.05, 4.69) is 20.3 Å². The Bertz CT molecular complexity index is 530. The molecule has 94 valence electrons. The molecule has 0 aliphatic heterocycles. The number of rotatable bonds is 4. The van der Waals surface area contributed by atoms with Crippen molar-refractivity contribution < 1.29 is 4.74 Å². The number of ether oxygens (including phenoxy) is 1. The fourth-order valence-corrected chi connectivity index (χ4v) is 1.50. The van der Waals surface area contributed by atoms with Crippen LogP contribution < -0.4 is 10.1 Å². The minimum absolute atomic E-state index is 0.100. The van der Waals surface area contributed by atoms with Gasteiger partial charge in [0.2, 0.25) is 11.2 Å². The van der Waals surface area contributed by atoms with E-state index in [-0.39, 0.29) is 11.3 Å². The summed E-state index contributed by atoms with van der Waals surface area (Å²) in [6, 6.07) is 8.08. The van der Waals surface area contributed by atoms with Gasteiger partial charge >= 0.3 is 6.01 Å². The molecule has 1 aromatic heterocycles. The summed E-state index contributed by atoms with van der Waals surface area (Å²) in [7, 11) is 0. The highest BCUT2D eigenvalue weighted by Gasteiger charge is 2.05. The Hall–Kier alpha value is -1.88. The van der Waals surface area contributed by atoms with Crippen LogP contribution in [0.4, 0.5) is 11.6 Å². The molecular weight excluding hydrogens is 252 g/mol. The zero-order chi connectivity index (χ0) is 13.0. The van der Waals surface area contributed by atoms with Crippen LogP contribution in [0.1, 0.15) is 12.5 Å². The molecular formula is C12H13ClN4O. The minimum Gasteiger partial charge on any atom is -0.464 e. The molecule has 18 heavy (non-hydrogen) atoms. The van der Waals surface area contributed by atoms with Crippen LogP contribution >= 0.6 is 11.6 Å². The standard InChI is InChI=1S/C12H13ClN4O/c1-3-18-12-16-10(13)15-11(17-12)14-9-6-4-8(2)5-7-9/h4-7H,3H2,1-2H3,(H,14,15,16,17). The normalized spacial score (nSPS) is 10.2. The highest BCUT2D eigenvalue weighted by atomic mass is 35.5. The molecule has 1 N–H and O–H groups in total. The second kappa shape index (κ2) is 5.64. The highest BCUT2D eigenvalue weighted by Crippen LogP contribution is 2.17. The lowest BCUT2D eigenvalue weighted by molar-refractivity contribution is 0.312. The molecule has 0 spiro atoms. The van der Waals surface area contributed by atoms with Crippen molar-refractivity contribution in [2.75, 3.05) is 11.9 Å². The number of hydrogen-bond donors (Lipinski definition) is 1. The molecule has 1 aromatic carbocycles. The van der Waals surface area contributed by atoms with Gasteiger partial charge in [-0.1, -0.05) is 17.7 Å². The average molecular weight is 265 g/mol. The minimum atomic E-state index is 0.100. The van der Waals surface area contributed by atoms with E-state index in [0.29, 0.717) is 12.6 Å². The first kappa shape index (κ1) is 12.6. The Morgan fingerprint density at radius 1 is 1.17 bits per heavy atom. The van der Waals surface area contributed by atoms with Gasteiger partial charge in [0, 0.05) is 5.69 Å². The highest BCUT2D eigenvalue weighted by molar-refractivity contribution is 6.28. The summed E-state index contributed by atoms with van der Waals surface area (Å²) in [6.45, 7) is 4.35. The first-order chi connectivity index (χ1) is 8.67. The summed E-state index contributed by atoms with van der Waals surface area (Å²) in [5.74, 6) is 0.363. The molecule has 0 amide bonds. The van der Waals surface area contributed by atoms with Crippen LogP contribution in [0.25, 0.3) is 0 Å². The van der Waals surface area contributed by atoms with E-state index in [1.165, 1.54) is 5.56 Å². The van der Waals surface area contributed by atoms with Gasteiger partial charge in [0.1, 0.15) is 0 Å². The number of anilines is 2. The molecule has 0 saturated heterocycles. The summed E-state index contributed by atoms with van der Waals surface area (Å²) < 4.78 is 5.20. The molecule has 0 radical (unpaired) electrons. The fraction of sp³-hybridized carbons (Fsp3) is 0.250. The van der Waals surface area contributed by atoms with E-state index in [4.69, 9.17) is 16.3 Å². The Labute approximate surface area is 110 Å². The Balaban J connectivity index is 2.20. The number of aryl methyl sites for hydroxylation is 1. The van der Waals surface area contributed by atoms with Crippen LogP contribution in [0, 0.1) is 6.92 Å². The number of halogens is 1. The Morgan fingerprint density at radius 3 is 2.56 bits per heavy atom. The van der Waals surface area contributed by atoms with E-state index in [1.807, 2.05) is 38.1 Å². The predicted octanol–water partition coefficient (Wildman–Crippen LogP) is 2.98. The molecule has 0 fully saturated rings. The van der Waals surface area contributed by atoms with Crippen molar-refractivity contribution in [2.24, 2.45) is 0 Å². The molecule has 0 bridgehead atoms. The van der Waals surface area contributed by atoms with E-state index in [1.54, 1.807) is 0 Å². The molecule has 1 heterocycles. The monoisotopic (exact) mass is 264 g/mol. The van der Waals surface area contributed by atoms with Crippen LogP contribution in [0.5, 0.6) is 6.01 Å². The van der Waals surface area contributed by atoms with Crippen LogP contribution in [0.2, 0.25) is 5.28 Å². The van der Waals surface area contributed by atoms with Gasteiger partial charge in [-0.05, 0) is 37.6 Å². The van der Waals surface area contributed by atoms with Crippen LogP contribution in [-0.2, 0) is 0 Å². The average Bonchev–Trinajstić information content (AvgIpc) is 2.32. The van der Waals surface area contributed by atoms with E-state index >= 15 is 0 Å². The van der Waals surface area contributed by atoms with Gasteiger partial charge in [0.05, 0.1) is 6.61 Å². The first-order valence-electron chi connectivity index (χ1n) is 5.55. The van der Waals surface area contributed by atoms with Gasteiger partial charge in [-0.2, -0.15) is 15.0 Å². The third-order valence-corrected chi connectivity index (χ3v) is 2.34. The lowest BCUT2D eigenvalue weighted by Crippen LogP contribution is -2.03. The fourth-order valence-electron chi connectivity index (χ4n) is 1.35. The molecule has 5 nitrogen and oxygen atoms in total. The van der Waals surface area contributed by atoms with Gasteiger partial charge in [0.25, 0.3) is 0 Å². The third kappa shape index (κ3) is 3.30. The maximum absolute atomic E-state index is 5.79. The molecule has 0 unspecified atom stereocenters. The lowest BCUT2D eigenvalue weighted by Gasteiger charge is -2.07. The summed E-state index contributed by atoms with van der Waals surface area (Å²) in [5.41, 5.74) is 2.06. The summed E-state index contributed by atoms with van der Waals surface area (Å²) in [6.07, 6.45) is 0. The largest absolute Gasteiger partial charge is 0.464 e. The maximum atomic E-state index is 5.79. The zero-order valence-electron chi connectivity index (χ0n) is 10.1. The maximum Gasteiger partial charge on any atom is 0.322 e. The molecule has 2 aromatic rings. The first-order valence-corrected chi connectivity index (χ1v) is 5.93. The second-order valence-corrected chi connectivity index (χ2v) is 3.97. The molecule has 2 rings (SSSR count). The number of nitrogens with zero attached hydrogens (tertiary/aromatic N) is 3. The SMILES string of the molecule is CCOc1nc(Cl)nc(Nc2ccc(C)cc2)n1. The van der Waals surface area contributed by atoms with Gasteiger partial charge in [-0.25, -0.2) is 0 Å². The van der Waals surface area contributed by atoms with Crippen LogP contribution in [0.3, 0.4) is 0 Å². The van der Waals surface area contributed by atoms with Crippen molar-refractivity contribution in [1.29, 1.82) is 0 Å². The van der Waals surface area contributed by atoms with E-state index < -0.39 is 0 Å². The van der Waals surface area contributed by atoms with Crippen LogP contribution in [0.15, 0.2) is 24.3 Å². The number of nitrogens with one attached hydrogen (secondary N) is 1. The van der Waals surface area contributed by atoms with Crippen molar-refractivity contribution in [1.82, 2.24) is 15.0 Å². The summed E-state index contributed by atoms with van der Waals surface area (Å²) >= 11 is 5.79. The Kier molecular flexibility index (Phi) is 3.94. The quantitative estimate of drug-likeness (QED) is 0.920. The topological polar surface area (TPSA) is 59.9 Å². The van der Waals surface area contributed by atoms with Gasteiger partial charge in [-0.3, -0.25) is 0 Å². The molecule has 0 aliphatic carbocycles. The molecule has 0 saturated carbocycles. The van der Waals surface area contributed by atoms with E-state index in [0.717, 1.165) is 5.69 Å².